The summed E-state index contributed by atoms with van der Waals surface area (Å²) in [7, 11) is 0. The van der Waals surface area contributed by atoms with Crippen molar-refractivity contribution in [3.05, 3.63) is 23.8 Å². The van der Waals surface area contributed by atoms with E-state index in [1.54, 1.807) is 0 Å². The van der Waals surface area contributed by atoms with E-state index in [2.05, 4.69) is 44.3 Å². The molecule has 0 heterocycles. The highest BCUT2D eigenvalue weighted by Crippen LogP contribution is 2.38. The fraction of sp³-hybridized carbons (Fsp3) is 0.647. The van der Waals surface area contributed by atoms with Crippen molar-refractivity contribution in [1.29, 1.82) is 0 Å². The molecule has 1 aromatic rings. The van der Waals surface area contributed by atoms with E-state index in [0.29, 0.717) is 18.1 Å². The third-order valence-electron chi connectivity index (χ3n) is 4.27. The molecule has 19 heavy (non-hydrogen) atoms. The van der Waals surface area contributed by atoms with Crippen molar-refractivity contribution >= 4 is 5.69 Å². The van der Waals surface area contributed by atoms with Gasteiger partial charge in [-0.25, -0.2) is 0 Å². The Morgan fingerprint density at radius 1 is 1.32 bits per heavy atom. The first-order valence-corrected chi connectivity index (χ1v) is 7.53. The van der Waals surface area contributed by atoms with Crippen molar-refractivity contribution in [3.8, 4) is 5.75 Å². The van der Waals surface area contributed by atoms with Crippen LogP contribution in [-0.4, -0.2) is 12.6 Å². The Balaban J connectivity index is 2.17. The van der Waals surface area contributed by atoms with Crippen molar-refractivity contribution in [2.24, 2.45) is 5.41 Å². The molecule has 2 rings (SSSR count). The van der Waals surface area contributed by atoms with Crippen LogP contribution < -0.4 is 10.1 Å². The summed E-state index contributed by atoms with van der Waals surface area (Å²) in [6, 6.07) is 6.98. The number of rotatable bonds is 4. The molecule has 2 heteroatoms. The molecule has 1 unspecified atom stereocenters. The van der Waals surface area contributed by atoms with Crippen LogP contribution in [0.1, 0.15) is 52.0 Å². The Morgan fingerprint density at radius 2 is 2.11 bits per heavy atom. The maximum absolute atomic E-state index is 5.77. The number of hydrogen-bond acceptors (Lipinski definition) is 2. The molecule has 106 valence electrons. The second-order valence-corrected chi connectivity index (χ2v) is 6.36. The van der Waals surface area contributed by atoms with E-state index < -0.39 is 0 Å². The molecule has 0 aliphatic heterocycles. The maximum Gasteiger partial charge on any atom is 0.142 e. The minimum Gasteiger partial charge on any atom is -0.492 e. The normalized spacial score (nSPS) is 22.0. The van der Waals surface area contributed by atoms with Crippen LogP contribution in [0.3, 0.4) is 0 Å². The van der Waals surface area contributed by atoms with Gasteiger partial charge in [0.15, 0.2) is 0 Å². The van der Waals surface area contributed by atoms with Crippen molar-refractivity contribution < 1.29 is 4.74 Å². The third kappa shape index (κ3) is 3.43. The van der Waals surface area contributed by atoms with Gasteiger partial charge in [-0.05, 0) is 49.8 Å². The number of ether oxygens (including phenoxy) is 1. The molecular formula is C17H27NO. The molecule has 0 bridgehead atoms. The summed E-state index contributed by atoms with van der Waals surface area (Å²) in [5.74, 6) is 0.990. The van der Waals surface area contributed by atoms with E-state index in [9.17, 15) is 0 Å². The Kier molecular flexibility index (Phi) is 4.38. The predicted molar refractivity (Wildman–Crippen MR) is 82.0 cm³/mol. The van der Waals surface area contributed by atoms with Crippen molar-refractivity contribution in [3.63, 3.8) is 0 Å². The lowest BCUT2D eigenvalue weighted by molar-refractivity contribution is 0.216. The highest BCUT2D eigenvalue weighted by Gasteiger charge is 2.32. The molecule has 1 aliphatic carbocycles. The molecular weight excluding hydrogens is 234 g/mol. The van der Waals surface area contributed by atoms with Gasteiger partial charge in [-0.3, -0.25) is 0 Å². The van der Waals surface area contributed by atoms with Crippen LogP contribution in [0.5, 0.6) is 5.75 Å². The quantitative estimate of drug-likeness (QED) is 0.842. The lowest BCUT2D eigenvalue weighted by Crippen LogP contribution is -2.39. The fourth-order valence-electron chi connectivity index (χ4n) is 2.97. The SMILES string of the molecule is CCOc1cc(C)ccc1NC1CCCCC1(C)C. The summed E-state index contributed by atoms with van der Waals surface area (Å²) in [5, 5.41) is 3.73. The van der Waals surface area contributed by atoms with Gasteiger partial charge >= 0.3 is 0 Å². The van der Waals surface area contributed by atoms with Gasteiger partial charge in [0.2, 0.25) is 0 Å². The number of benzene rings is 1. The molecule has 0 amide bonds. The summed E-state index contributed by atoms with van der Waals surface area (Å²) in [4.78, 5) is 0. The number of nitrogens with one attached hydrogen (secondary N) is 1. The Hall–Kier alpha value is -1.18. The highest BCUT2D eigenvalue weighted by atomic mass is 16.5. The Morgan fingerprint density at radius 3 is 2.79 bits per heavy atom. The first-order valence-electron chi connectivity index (χ1n) is 7.53. The van der Waals surface area contributed by atoms with Gasteiger partial charge in [0.05, 0.1) is 12.3 Å². The lowest BCUT2D eigenvalue weighted by Gasteiger charge is -2.40. The molecule has 1 saturated carbocycles. The van der Waals surface area contributed by atoms with Gasteiger partial charge < -0.3 is 10.1 Å². The summed E-state index contributed by atoms with van der Waals surface area (Å²) >= 11 is 0. The van der Waals surface area contributed by atoms with Crippen LogP contribution in [-0.2, 0) is 0 Å². The number of aryl methyl sites for hydroxylation is 1. The molecule has 0 spiro atoms. The van der Waals surface area contributed by atoms with Gasteiger partial charge in [-0.2, -0.15) is 0 Å². The fourth-order valence-corrected chi connectivity index (χ4v) is 2.97. The van der Waals surface area contributed by atoms with E-state index in [1.165, 1.54) is 31.2 Å². The standard InChI is InChI=1S/C17H27NO/c1-5-19-15-12-13(2)9-10-14(15)18-16-8-6-7-11-17(16,3)4/h9-10,12,16,18H,5-8,11H2,1-4H3. The first-order chi connectivity index (χ1) is 9.03. The lowest BCUT2D eigenvalue weighted by atomic mass is 9.73. The van der Waals surface area contributed by atoms with E-state index in [1.807, 2.05) is 6.92 Å². The molecule has 1 aliphatic rings. The molecule has 1 fully saturated rings. The third-order valence-corrected chi connectivity index (χ3v) is 4.27. The Labute approximate surface area is 117 Å². The van der Waals surface area contributed by atoms with Crippen LogP contribution in [0.2, 0.25) is 0 Å². The zero-order valence-corrected chi connectivity index (χ0v) is 12.8. The molecule has 2 nitrogen and oxygen atoms in total. The van der Waals surface area contributed by atoms with Crippen LogP contribution >= 0.6 is 0 Å². The van der Waals surface area contributed by atoms with Crippen molar-refractivity contribution in [2.45, 2.75) is 59.4 Å². The first kappa shape index (κ1) is 14.2. The Bertz CT molecular complexity index is 425. The van der Waals surface area contributed by atoms with Crippen LogP contribution in [0, 0.1) is 12.3 Å². The summed E-state index contributed by atoms with van der Waals surface area (Å²) in [5.41, 5.74) is 2.76. The summed E-state index contributed by atoms with van der Waals surface area (Å²) < 4.78 is 5.77. The minimum atomic E-state index is 0.368. The van der Waals surface area contributed by atoms with E-state index in [-0.39, 0.29) is 0 Å². The van der Waals surface area contributed by atoms with Gasteiger partial charge in [-0.15, -0.1) is 0 Å². The van der Waals surface area contributed by atoms with E-state index >= 15 is 0 Å². The second kappa shape index (κ2) is 5.85. The maximum atomic E-state index is 5.77. The summed E-state index contributed by atoms with van der Waals surface area (Å²) in [6.45, 7) is 9.61. The largest absolute Gasteiger partial charge is 0.492 e. The van der Waals surface area contributed by atoms with E-state index in [0.717, 1.165) is 11.4 Å². The molecule has 1 aromatic carbocycles. The molecule has 0 saturated heterocycles. The summed E-state index contributed by atoms with van der Waals surface area (Å²) in [6.07, 6.45) is 5.25. The van der Waals surface area contributed by atoms with E-state index in [4.69, 9.17) is 4.74 Å². The molecule has 1 N–H and O–H groups in total. The second-order valence-electron chi connectivity index (χ2n) is 6.36. The molecule has 0 aromatic heterocycles. The van der Waals surface area contributed by atoms with Gasteiger partial charge in [0.25, 0.3) is 0 Å². The van der Waals surface area contributed by atoms with Crippen molar-refractivity contribution in [2.75, 3.05) is 11.9 Å². The van der Waals surface area contributed by atoms with Gasteiger partial charge in [0.1, 0.15) is 5.75 Å². The monoisotopic (exact) mass is 261 g/mol. The van der Waals surface area contributed by atoms with Crippen LogP contribution in [0.15, 0.2) is 18.2 Å². The van der Waals surface area contributed by atoms with Crippen LogP contribution in [0.4, 0.5) is 5.69 Å². The smallest absolute Gasteiger partial charge is 0.142 e. The average molecular weight is 261 g/mol. The number of anilines is 1. The van der Waals surface area contributed by atoms with Gasteiger partial charge in [-0.1, -0.05) is 32.8 Å². The molecule has 0 radical (unpaired) electrons. The minimum absolute atomic E-state index is 0.368. The molecule has 1 atom stereocenters. The average Bonchev–Trinajstić information content (AvgIpc) is 2.35. The highest BCUT2D eigenvalue weighted by molar-refractivity contribution is 5.58. The number of hydrogen-bond donors (Lipinski definition) is 1. The van der Waals surface area contributed by atoms with Crippen molar-refractivity contribution in [1.82, 2.24) is 0 Å². The van der Waals surface area contributed by atoms with Crippen LogP contribution in [0.25, 0.3) is 0 Å². The van der Waals surface area contributed by atoms with Gasteiger partial charge in [0, 0.05) is 6.04 Å². The zero-order chi connectivity index (χ0) is 13.9. The predicted octanol–water partition coefficient (Wildman–Crippen LogP) is 4.77. The zero-order valence-electron chi connectivity index (χ0n) is 12.8. The topological polar surface area (TPSA) is 21.3 Å².